The number of hydrogen-bond donors (Lipinski definition) is 1. The molecule has 0 aliphatic rings. The zero-order chi connectivity index (χ0) is 20.9. The van der Waals surface area contributed by atoms with Gasteiger partial charge in [-0.15, -0.1) is 0 Å². The third kappa shape index (κ3) is 5.62. The number of ether oxygens (including phenoxy) is 1. The van der Waals surface area contributed by atoms with Crippen LogP contribution in [0, 0.1) is 6.92 Å². The Balaban J connectivity index is 2.07. The molecule has 0 spiro atoms. The first-order chi connectivity index (χ1) is 13.1. The quantitative estimate of drug-likeness (QED) is 0.706. The number of halogens is 1. The van der Waals surface area contributed by atoms with Crippen LogP contribution in [-0.4, -0.2) is 40.3 Å². The van der Waals surface area contributed by atoms with Gasteiger partial charge in [0, 0.05) is 11.6 Å². The van der Waals surface area contributed by atoms with E-state index in [1.54, 1.807) is 32.2 Å². The van der Waals surface area contributed by atoms with Gasteiger partial charge in [-0.25, -0.2) is 8.42 Å². The fourth-order valence-corrected chi connectivity index (χ4v) is 4.14. The standard InChI is InChI=1S/C20H25ClN2O4S/c1-14-5-8-17(13-19(14)21)23(28(4,25)26)15(2)20(24)22-12-11-16-6-9-18(27-3)10-7-16/h5-10,13,15H,11-12H2,1-4H3,(H,22,24)/t15-/m1/s1. The van der Waals surface area contributed by atoms with Crippen LogP contribution >= 0.6 is 11.6 Å². The van der Waals surface area contributed by atoms with Crippen LogP contribution in [0.2, 0.25) is 5.02 Å². The van der Waals surface area contributed by atoms with Crippen LogP contribution in [-0.2, 0) is 21.2 Å². The molecular weight excluding hydrogens is 400 g/mol. The van der Waals surface area contributed by atoms with E-state index < -0.39 is 16.1 Å². The number of nitrogens with one attached hydrogen (secondary N) is 1. The summed E-state index contributed by atoms with van der Waals surface area (Å²) in [6.07, 6.45) is 1.69. The van der Waals surface area contributed by atoms with E-state index in [-0.39, 0.29) is 5.91 Å². The van der Waals surface area contributed by atoms with Gasteiger partial charge in [0.25, 0.3) is 0 Å². The fourth-order valence-electron chi connectivity index (χ4n) is 2.80. The number of hydrogen-bond acceptors (Lipinski definition) is 4. The van der Waals surface area contributed by atoms with Crippen LogP contribution in [0.15, 0.2) is 42.5 Å². The second-order valence-electron chi connectivity index (χ2n) is 6.56. The Bertz CT molecular complexity index is 930. The van der Waals surface area contributed by atoms with Crippen molar-refractivity contribution in [3.05, 3.63) is 58.6 Å². The van der Waals surface area contributed by atoms with E-state index >= 15 is 0 Å². The van der Waals surface area contributed by atoms with Gasteiger partial charge in [-0.3, -0.25) is 9.10 Å². The predicted molar refractivity (Wildman–Crippen MR) is 113 cm³/mol. The number of aryl methyl sites for hydroxylation is 1. The second-order valence-corrected chi connectivity index (χ2v) is 8.82. The molecule has 0 heterocycles. The molecule has 0 fully saturated rings. The molecule has 8 heteroatoms. The average molecular weight is 425 g/mol. The van der Waals surface area contributed by atoms with Gasteiger partial charge in [0.2, 0.25) is 15.9 Å². The van der Waals surface area contributed by atoms with E-state index in [1.807, 2.05) is 31.2 Å². The number of rotatable bonds is 8. The highest BCUT2D eigenvalue weighted by Crippen LogP contribution is 2.26. The maximum Gasteiger partial charge on any atom is 0.243 e. The Morgan fingerprint density at radius 3 is 2.39 bits per heavy atom. The molecule has 0 aliphatic heterocycles. The molecular formula is C20H25ClN2O4S. The second kappa shape index (κ2) is 9.30. The summed E-state index contributed by atoms with van der Waals surface area (Å²) in [5.41, 5.74) is 2.23. The smallest absolute Gasteiger partial charge is 0.243 e. The van der Waals surface area contributed by atoms with Crippen molar-refractivity contribution in [2.45, 2.75) is 26.3 Å². The number of nitrogens with zero attached hydrogens (tertiary/aromatic N) is 1. The van der Waals surface area contributed by atoms with Gasteiger partial charge in [0.1, 0.15) is 11.8 Å². The summed E-state index contributed by atoms with van der Waals surface area (Å²) >= 11 is 6.13. The number of methoxy groups -OCH3 is 1. The number of anilines is 1. The van der Waals surface area contributed by atoms with E-state index in [1.165, 1.54) is 0 Å². The largest absolute Gasteiger partial charge is 0.497 e. The molecule has 1 amide bonds. The number of benzene rings is 2. The van der Waals surface area contributed by atoms with Gasteiger partial charge in [0.05, 0.1) is 19.1 Å². The van der Waals surface area contributed by atoms with Crippen molar-refractivity contribution in [1.82, 2.24) is 5.32 Å². The highest BCUT2D eigenvalue weighted by atomic mass is 35.5. The van der Waals surface area contributed by atoms with Crippen LogP contribution in [0.5, 0.6) is 5.75 Å². The van der Waals surface area contributed by atoms with Crippen molar-refractivity contribution in [2.75, 3.05) is 24.2 Å². The summed E-state index contributed by atoms with van der Waals surface area (Å²) < 4.78 is 30.8. The van der Waals surface area contributed by atoms with Gasteiger partial charge in [-0.2, -0.15) is 0 Å². The molecule has 2 aromatic carbocycles. The Labute approximate surface area is 171 Å². The Morgan fingerprint density at radius 2 is 1.86 bits per heavy atom. The first-order valence-corrected chi connectivity index (χ1v) is 11.0. The molecule has 0 saturated heterocycles. The van der Waals surface area contributed by atoms with Crippen molar-refractivity contribution < 1.29 is 17.9 Å². The molecule has 0 bridgehead atoms. The van der Waals surface area contributed by atoms with Crippen molar-refractivity contribution in [3.63, 3.8) is 0 Å². The molecule has 152 valence electrons. The Kier molecular flexibility index (Phi) is 7.32. The maximum atomic E-state index is 12.6. The van der Waals surface area contributed by atoms with Crippen molar-refractivity contribution >= 4 is 33.2 Å². The zero-order valence-electron chi connectivity index (χ0n) is 16.4. The van der Waals surface area contributed by atoms with Crippen molar-refractivity contribution in [3.8, 4) is 5.75 Å². The minimum absolute atomic E-state index is 0.357. The highest BCUT2D eigenvalue weighted by molar-refractivity contribution is 7.92. The predicted octanol–water partition coefficient (Wildman–Crippen LogP) is 3.17. The first-order valence-electron chi connectivity index (χ1n) is 8.79. The van der Waals surface area contributed by atoms with E-state index in [2.05, 4.69) is 5.32 Å². The van der Waals surface area contributed by atoms with E-state index in [9.17, 15) is 13.2 Å². The molecule has 2 rings (SSSR count). The summed E-state index contributed by atoms with van der Waals surface area (Å²) in [5, 5.41) is 3.24. The Hall–Kier alpha value is -2.25. The lowest BCUT2D eigenvalue weighted by atomic mass is 10.1. The van der Waals surface area contributed by atoms with Crippen LogP contribution in [0.3, 0.4) is 0 Å². The fraction of sp³-hybridized carbons (Fsp3) is 0.350. The van der Waals surface area contributed by atoms with Crippen LogP contribution < -0.4 is 14.4 Å². The van der Waals surface area contributed by atoms with Gasteiger partial charge < -0.3 is 10.1 Å². The topological polar surface area (TPSA) is 75.7 Å². The van der Waals surface area contributed by atoms with Gasteiger partial charge >= 0.3 is 0 Å². The third-order valence-electron chi connectivity index (χ3n) is 4.37. The first kappa shape index (κ1) is 22.0. The van der Waals surface area contributed by atoms with Crippen LogP contribution in [0.1, 0.15) is 18.1 Å². The molecule has 0 aliphatic carbocycles. The summed E-state index contributed by atoms with van der Waals surface area (Å²) in [6, 6.07) is 11.6. The van der Waals surface area contributed by atoms with Crippen molar-refractivity contribution in [2.24, 2.45) is 0 Å². The minimum Gasteiger partial charge on any atom is -0.497 e. The highest BCUT2D eigenvalue weighted by Gasteiger charge is 2.29. The average Bonchev–Trinajstić information content (AvgIpc) is 2.64. The number of carbonyl (C=O) groups excluding carboxylic acids is 1. The molecule has 0 unspecified atom stereocenters. The van der Waals surface area contributed by atoms with E-state index in [0.717, 1.165) is 27.4 Å². The van der Waals surface area contributed by atoms with Crippen LogP contribution in [0.25, 0.3) is 0 Å². The summed E-state index contributed by atoms with van der Waals surface area (Å²) in [4.78, 5) is 12.6. The Morgan fingerprint density at radius 1 is 1.21 bits per heavy atom. The minimum atomic E-state index is -3.68. The van der Waals surface area contributed by atoms with E-state index in [4.69, 9.17) is 16.3 Å². The van der Waals surface area contributed by atoms with Gasteiger partial charge in [0.15, 0.2) is 0 Å². The number of sulfonamides is 1. The molecule has 2 aromatic rings. The van der Waals surface area contributed by atoms with Crippen molar-refractivity contribution in [1.29, 1.82) is 0 Å². The normalized spacial score (nSPS) is 12.3. The lowest BCUT2D eigenvalue weighted by molar-refractivity contribution is -0.121. The molecule has 1 atom stereocenters. The number of carbonyl (C=O) groups is 1. The molecule has 0 radical (unpaired) electrons. The molecule has 0 saturated carbocycles. The lowest BCUT2D eigenvalue weighted by Gasteiger charge is -2.28. The monoisotopic (exact) mass is 424 g/mol. The summed E-state index contributed by atoms with van der Waals surface area (Å²) in [5.74, 6) is 0.387. The van der Waals surface area contributed by atoms with Gasteiger partial charge in [-0.1, -0.05) is 29.8 Å². The molecule has 1 N–H and O–H groups in total. The van der Waals surface area contributed by atoms with Gasteiger partial charge in [-0.05, 0) is 55.7 Å². The number of amides is 1. The SMILES string of the molecule is COc1ccc(CCNC(=O)[C@@H](C)N(c2ccc(C)c(Cl)c2)S(C)(=O)=O)cc1. The van der Waals surface area contributed by atoms with E-state index in [0.29, 0.717) is 23.7 Å². The maximum absolute atomic E-state index is 12.6. The molecule has 28 heavy (non-hydrogen) atoms. The molecule has 6 nitrogen and oxygen atoms in total. The molecule has 0 aromatic heterocycles. The lowest BCUT2D eigenvalue weighted by Crippen LogP contribution is -2.48. The summed E-state index contributed by atoms with van der Waals surface area (Å²) in [7, 11) is -2.07. The van der Waals surface area contributed by atoms with Crippen LogP contribution in [0.4, 0.5) is 5.69 Å². The zero-order valence-corrected chi connectivity index (χ0v) is 18.0. The third-order valence-corrected chi connectivity index (χ3v) is 6.02. The summed E-state index contributed by atoms with van der Waals surface area (Å²) in [6.45, 7) is 3.77.